The molecule has 0 radical (unpaired) electrons. The summed E-state index contributed by atoms with van der Waals surface area (Å²) in [7, 11) is 0. The van der Waals surface area contributed by atoms with Gasteiger partial charge in [0, 0.05) is 5.92 Å². The van der Waals surface area contributed by atoms with Gasteiger partial charge in [-0.15, -0.1) is 0 Å². The van der Waals surface area contributed by atoms with E-state index < -0.39 is 0 Å². The summed E-state index contributed by atoms with van der Waals surface area (Å²) in [6.45, 7) is 0. The Balaban J connectivity index is 1.92. The van der Waals surface area contributed by atoms with Crippen LogP contribution in [0, 0.1) is 23.7 Å². The smallest absolute Gasteiger partial charge is 0.0416 e. The molecule has 0 aliphatic heterocycles. The van der Waals surface area contributed by atoms with Gasteiger partial charge in [0.05, 0.1) is 12.3 Å². The van der Waals surface area contributed by atoms with E-state index in [2.05, 4.69) is 0 Å². The van der Waals surface area contributed by atoms with Crippen LogP contribution >= 0.6 is 0 Å². The van der Waals surface area contributed by atoms with Gasteiger partial charge < -0.3 is 0 Å². The molecular weight excluding hydrogens is 120 g/mol. The van der Waals surface area contributed by atoms with E-state index in [9.17, 15) is 0 Å². The van der Waals surface area contributed by atoms with E-state index in [4.69, 9.17) is 0 Å². The highest BCUT2D eigenvalue weighted by Gasteiger charge is 2.58. The van der Waals surface area contributed by atoms with Crippen LogP contribution in [0.25, 0.3) is 0 Å². The van der Waals surface area contributed by atoms with E-state index in [1.54, 1.807) is 25.7 Å². The number of hydrogen-bond acceptors (Lipinski definition) is 0. The van der Waals surface area contributed by atoms with E-state index in [0.717, 1.165) is 17.8 Å². The van der Waals surface area contributed by atoms with E-state index in [1.165, 1.54) is 12.8 Å². The van der Waals surface area contributed by atoms with Crippen LogP contribution in [0.1, 0.15) is 38.5 Å². The first-order valence-corrected chi connectivity index (χ1v) is 4.81. The zero-order valence-corrected chi connectivity index (χ0v) is 6.47. The third-order valence-corrected chi connectivity index (χ3v) is 4.02. The van der Waals surface area contributed by atoms with Crippen molar-refractivity contribution in [1.82, 2.24) is 0 Å². The van der Waals surface area contributed by atoms with Gasteiger partial charge in [0.2, 0.25) is 0 Å². The van der Waals surface area contributed by atoms with Crippen LogP contribution in [-0.2, 0) is 0 Å². The molecule has 3 rings (SSSR count). The van der Waals surface area contributed by atoms with E-state index >= 15 is 0 Å². The van der Waals surface area contributed by atoms with Crippen LogP contribution in [0.2, 0.25) is 0 Å². The number of rotatable bonds is 0. The Labute approximate surface area is 63.0 Å². The largest absolute Gasteiger partial charge is 0.104 e. The van der Waals surface area contributed by atoms with Gasteiger partial charge in [-0.3, -0.25) is 0 Å². The van der Waals surface area contributed by atoms with Crippen molar-refractivity contribution in [3.63, 3.8) is 0 Å². The van der Waals surface area contributed by atoms with Gasteiger partial charge in [-0.2, -0.15) is 0 Å². The molecule has 0 aromatic rings. The molecule has 3 aliphatic carbocycles. The molecule has 10 heavy (non-hydrogen) atoms. The monoisotopic (exact) mass is 135 g/mol. The van der Waals surface area contributed by atoms with E-state index in [1.807, 2.05) is 5.92 Å². The predicted molar refractivity (Wildman–Crippen MR) is 41.4 cm³/mol. The summed E-state index contributed by atoms with van der Waals surface area (Å²) in [5.41, 5.74) is 0. The summed E-state index contributed by atoms with van der Waals surface area (Å²) in [4.78, 5) is 0. The Kier molecular flexibility index (Phi) is 0.948. The molecule has 3 aliphatic rings. The van der Waals surface area contributed by atoms with Crippen molar-refractivity contribution in [3.8, 4) is 0 Å². The Hall–Kier alpha value is -0.130. The van der Waals surface area contributed by atoms with Gasteiger partial charge >= 0.3 is 0 Å². The van der Waals surface area contributed by atoms with Crippen molar-refractivity contribution in [2.45, 2.75) is 38.5 Å². The van der Waals surface area contributed by atoms with Crippen molar-refractivity contribution < 1.29 is 0 Å². The molecular formula is C10H15+. The first-order valence-electron chi connectivity index (χ1n) is 4.81. The summed E-state index contributed by atoms with van der Waals surface area (Å²) < 4.78 is 0. The molecule has 2 bridgehead atoms. The third-order valence-electron chi connectivity index (χ3n) is 4.02. The lowest BCUT2D eigenvalue weighted by molar-refractivity contribution is 0.383. The molecule has 0 N–H and O–H groups in total. The van der Waals surface area contributed by atoms with Gasteiger partial charge in [-0.05, 0) is 32.1 Å². The average molecular weight is 135 g/mol. The quantitative estimate of drug-likeness (QED) is 0.448. The minimum Gasteiger partial charge on any atom is -0.0416 e. The Morgan fingerprint density at radius 2 is 2.10 bits per heavy atom. The lowest BCUT2D eigenvalue weighted by atomic mass is 9.82. The molecule has 3 fully saturated rings. The summed E-state index contributed by atoms with van der Waals surface area (Å²) in [5, 5.41) is 0. The van der Waals surface area contributed by atoms with E-state index in [0.29, 0.717) is 0 Å². The minimum absolute atomic E-state index is 1.11. The maximum atomic E-state index is 2.00. The van der Waals surface area contributed by atoms with Crippen LogP contribution < -0.4 is 0 Å². The van der Waals surface area contributed by atoms with Crippen molar-refractivity contribution >= 4 is 0 Å². The normalized spacial score (nSPS) is 50.4. The predicted octanol–water partition coefficient (Wildman–Crippen LogP) is 2.79. The highest BCUT2D eigenvalue weighted by atomic mass is 14.5. The SMILES string of the molecule is C1C[C+]2[C@H]3CC[C@H](C3)[C@H]2C1. The molecule has 3 atom stereocenters. The molecule has 0 heteroatoms. The zero-order valence-electron chi connectivity index (χ0n) is 6.47. The fourth-order valence-electron chi connectivity index (χ4n) is 3.66. The molecule has 0 spiro atoms. The third kappa shape index (κ3) is 0.514. The lowest BCUT2D eigenvalue weighted by Gasteiger charge is -2.14. The Bertz CT molecular complexity index is 134. The van der Waals surface area contributed by atoms with Gasteiger partial charge in [0.15, 0.2) is 0 Å². The molecule has 0 heterocycles. The number of fused-ring (bicyclic) bond motifs is 5. The second-order valence-electron chi connectivity index (χ2n) is 4.34. The van der Waals surface area contributed by atoms with Gasteiger partial charge in [0.1, 0.15) is 11.8 Å². The van der Waals surface area contributed by atoms with Gasteiger partial charge in [-0.1, -0.05) is 0 Å². The first-order chi connectivity index (χ1) is 4.95. The fourth-order valence-corrected chi connectivity index (χ4v) is 3.66. The molecule has 0 saturated heterocycles. The first kappa shape index (κ1) is 5.51. The van der Waals surface area contributed by atoms with Crippen LogP contribution in [0.3, 0.4) is 0 Å². The summed E-state index contributed by atoms with van der Waals surface area (Å²) in [6, 6.07) is 0. The number of hydrogen-bond donors (Lipinski definition) is 0. The maximum Gasteiger partial charge on any atom is 0.104 e. The standard InChI is InChI=1S/C10H15/c1-2-9-7-4-5-8(6-7)10(9)3-1/h7-9H,1-6H2/q+1/t7-,8+,9-/m1/s1. The molecule has 0 unspecified atom stereocenters. The van der Waals surface area contributed by atoms with E-state index in [-0.39, 0.29) is 0 Å². The van der Waals surface area contributed by atoms with Crippen LogP contribution in [0.15, 0.2) is 0 Å². The topological polar surface area (TPSA) is 0 Å². The Morgan fingerprint density at radius 3 is 3.00 bits per heavy atom. The van der Waals surface area contributed by atoms with Crippen LogP contribution in [-0.4, -0.2) is 0 Å². The van der Waals surface area contributed by atoms with Crippen molar-refractivity contribution in [1.29, 1.82) is 0 Å². The molecule has 3 saturated carbocycles. The van der Waals surface area contributed by atoms with Crippen molar-refractivity contribution in [2.24, 2.45) is 17.8 Å². The molecule has 0 amide bonds. The summed E-state index contributed by atoms with van der Waals surface area (Å²) in [6.07, 6.45) is 9.28. The zero-order chi connectivity index (χ0) is 6.55. The van der Waals surface area contributed by atoms with Crippen molar-refractivity contribution in [2.75, 3.05) is 0 Å². The highest BCUT2D eigenvalue weighted by Crippen LogP contribution is 2.59. The fraction of sp³-hybridized carbons (Fsp3) is 0.900. The molecule has 0 aromatic carbocycles. The molecule has 0 nitrogen and oxygen atoms in total. The Morgan fingerprint density at radius 1 is 1.10 bits per heavy atom. The molecule has 54 valence electrons. The maximum absolute atomic E-state index is 2.00. The average Bonchev–Trinajstić information content (AvgIpc) is 2.60. The second kappa shape index (κ2) is 1.72. The van der Waals surface area contributed by atoms with Gasteiger partial charge in [-0.25, -0.2) is 0 Å². The van der Waals surface area contributed by atoms with Gasteiger partial charge in [0.25, 0.3) is 0 Å². The van der Waals surface area contributed by atoms with Crippen LogP contribution in [0.5, 0.6) is 0 Å². The van der Waals surface area contributed by atoms with Crippen molar-refractivity contribution in [3.05, 3.63) is 5.92 Å². The molecule has 0 aromatic heterocycles. The summed E-state index contributed by atoms with van der Waals surface area (Å²) in [5.74, 6) is 5.38. The summed E-state index contributed by atoms with van der Waals surface area (Å²) >= 11 is 0. The highest BCUT2D eigenvalue weighted by molar-refractivity contribution is 5.16. The second-order valence-corrected chi connectivity index (χ2v) is 4.34. The minimum atomic E-state index is 1.11. The van der Waals surface area contributed by atoms with Crippen LogP contribution in [0.4, 0.5) is 0 Å². The lowest BCUT2D eigenvalue weighted by Crippen LogP contribution is -2.14.